The second-order valence-electron chi connectivity index (χ2n) is 9.17. The van der Waals surface area contributed by atoms with Gasteiger partial charge in [0, 0.05) is 10.9 Å². The summed E-state index contributed by atoms with van der Waals surface area (Å²) < 4.78 is 1.82. The van der Waals surface area contributed by atoms with Crippen LogP contribution in [0, 0.1) is 30.1 Å². The number of pyridine rings is 1. The highest BCUT2D eigenvalue weighted by molar-refractivity contribution is 7.12. The zero-order valence-electron chi connectivity index (χ0n) is 18.5. The molecule has 5 atom stereocenters. The van der Waals surface area contributed by atoms with E-state index in [0.29, 0.717) is 23.3 Å². The molecule has 5 rings (SSSR count). The van der Waals surface area contributed by atoms with Crippen molar-refractivity contribution in [1.29, 1.82) is 0 Å². The Hall–Kier alpha value is -2.73. The first-order chi connectivity index (χ1) is 15.2. The van der Waals surface area contributed by atoms with E-state index in [2.05, 4.69) is 22.1 Å². The summed E-state index contributed by atoms with van der Waals surface area (Å²) in [4.78, 5) is 23.8. The van der Waals surface area contributed by atoms with E-state index in [-0.39, 0.29) is 17.7 Å². The number of imidazole rings is 1. The van der Waals surface area contributed by atoms with E-state index in [1.807, 2.05) is 43.5 Å². The average molecular weight is 451 g/mol. The summed E-state index contributed by atoms with van der Waals surface area (Å²) in [6.07, 6.45) is 0.0881. The molecule has 1 unspecified atom stereocenters. The molecule has 0 saturated heterocycles. The fourth-order valence-corrected chi connectivity index (χ4v) is 5.83. The summed E-state index contributed by atoms with van der Waals surface area (Å²) in [6.45, 7) is 7.63. The number of rotatable bonds is 4. The number of thiophene rings is 1. The molecule has 0 amide bonds. The van der Waals surface area contributed by atoms with Crippen LogP contribution in [-0.2, 0) is 4.79 Å². The van der Waals surface area contributed by atoms with Gasteiger partial charge in [0.15, 0.2) is 5.65 Å². The molecule has 2 aliphatic rings. The quantitative estimate of drug-likeness (QED) is 0.529. The molecule has 2 aliphatic carbocycles. The summed E-state index contributed by atoms with van der Waals surface area (Å²) in [5, 5.41) is 24.9. The third-order valence-electron chi connectivity index (χ3n) is 6.68. The number of aryl methyl sites for hydroxylation is 1. The van der Waals surface area contributed by atoms with E-state index in [1.54, 1.807) is 17.7 Å². The lowest BCUT2D eigenvalue weighted by molar-refractivity contribution is -0.128. The molecule has 3 aromatic heterocycles. The molecule has 8 heteroatoms. The summed E-state index contributed by atoms with van der Waals surface area (Å²) in [5.74, 6) is 6.13. The number of hydrogen-bond acceptors (Lipinski definition) is 7. The Balaban J connectivity index is 1.61. The molecule has 0 spiro atoms. The minimum Gasteiger partial charge on any atom is -0.389 e. The minimum absolute atomic E-state index is 0.0751. The van der Waals surface area contributed by atoms with E-state index in [9.17, 15) is 15.0 Å². The van der Waals surface area contributed by atoms with Gasteiger partial charge >= 0.3 is 0 Å². The lowest BCUT2D eigenvalue weighted by Crippen LogP contribution is -2.36. The van der Waals surface area contributed by atoms with Crippen LogP contribution in [0.15, 0.2) is 24.5 Å². The van der Waals surface area contributed by atoms with Gasteiger partial charge in [-0.3, -0.25) is 4.79 Å². The molecular weight excluding hydrogens is 424 g/mol. The van der Waals surface area contributed by atoms with Crippen molar-refractivity contribution >= 4 is 34.0 Å². The maximum Gasteiger partial charge on any atom is 0.163 e. The third-order valence-corrected chi connectivity index (χ3v) is 7.59. The highest BCUT2D eigenvalue weighted by Crippen LogP contribution is 2.68. The van der Waals surface area contributed by atoms with Gasteiger partial charge in [0.25, 0.3) is 0 Å². The Kier molecular flexibility index (Phi) is 4.89. The molecule has 3 N–H and O–H groups in total. The minimum atomic E-state index is -1.08. The van der Waals surface area contributed by atoms with Gasteiger partial charge in [-0.1, -0.05) is 0 Å². The molecule has 0 aromatic carbocycles. The highest BCUT2D eigenvalue weighted by atomic mass is 32.1. The van der Waals surface area contributed by atoms with Crippen LogP contribution >= 0.6 is 11.3 Å². The topological polar surface area (TPSA) is 100 Å². The van der Waals surface area contributed by atoms with Crippen molar-refractivity contribution in [2.45, 2.75) is 58.4 Å². The molecule has 3 aromatic rings. The standard InChI is InChI=1S/C24H26N4O3S/c1-12(2)26-18-9-15(6-8-16-7-5-13(3)32-16)27-23-19(18)25-11-28(23)20-17-10-24(17,14(4)29)22(31)21(20)30/h5,7,9,11-12,17,20-22,30-31H,10H2,1-4H3,(H,26,27)/t17?,20-,21+,22+,24+/m1/s1. The van der Waals surface area contributed by atoms with Crippen molar-refractivity contribution < 1.29 is 15.0 Å². The Morgan fingerprint density at radius 3 is 2.75 bits per heavy atom. The van der Waals surface area contributed by atoms with Crippen LogP contribution in [0.2, 0.25) is 0 Å². The maximum atomic E-state index is 12.3. The molecule has 32 heavy (non-hydrogen) atoms. The van der Waals surface area contributed by atoms with Crippen LogP contribution in [0.3, 0.4) is 0 Å². The Bertz CT molecular complexity index is 1280. The summed E-state index contributed by atoms with van der Waals surface area (Å²) in [7, 11) is 0. The number of aliphatic hydroxyl groups excluding tert-OH is 2. The van der Waals surface area contributed by atoms with E-state index >= 15 is 0 Å². The average Bonchev–Trinajstić information content (AvgIpc) is 2.98. The molecule has 0 bridgehead atoms. The SMILES string of the molecule is CC(=O)[C@@]12CC1[C@@H](n1cnc3c(NC(C)C)cc(C#Cc4ccc(C)s4)nc31)[C@H](O)[C@@H]2O. The fraction of sp³-hybridized carbons (Fsp3) is 0.458. The summed E-state index contributed by atoms with van der Waals surface area (Å²) in [5.41, 5.74) is 1.82. The number of carbonyl (C=O) groups excluding carboxylic acids is 1. The molecular formula is C24H26N4O3S. The number of ketones is 1. The van der Waals surface area contributed by atoms with Crippen LogP contribution in [0.25, 0.3) is 11.2 Å². The van der Waals surface area contributed by atoms with E-state index in [0.717, 1.165) is 10.6 Å². The molecule has 3 heterocycles. The highest BCUT2D eigenvalue weighted by Gasteiger charge is 2.74. The first-order valence-electron chi connectivity index (χ1n) is 10.8. The molecule has 0 aliphatic heterocycles. The molecule has 0 radical (unpaired) electrons. The van der Waals surface area contributed by atoms with Gasteiger partial charge in [-0.25, -0.2) is 9.97 Å². The van der Waals surface area contributed by atoms with Gasteiger partial charge in [0.05, 0.1) is 34.5 Å². The Morgan fingerprint density at radius 2 is 2.12 bits per heavy atom. The molecule has 166 valence electrons. The Labute approximate surface area is 190 Å². The predicted octanol–water partition coefficient (Wildman–Crippen LogP) is 2.89. The van der Waals surface area contributed by atoms with E-state index in [1.165, 1.54) is 11.8 Å². The predicted molar refractivity (Wildman–Crippen MR) is 124 cm³/mol. The van der Waals surface area contributed by atoms with Crippen LogP contribution in [-0.4, -0.2) is 48.8 Å². The smallest absolute Gasteiger partial charge is 0.163 e. The van der Waals surface area contributed by atoms with Crippen molar-refractivity contribution in [3.05, 3.63) is 40.0 Å². The van der Waals surface area contributed by atoms with Crippen molar-refractivity contribution in [2.75, 3.05) is 5.32 Å². The van der Waals surface area contributed by atoms with Gasteiger partial charge in [0.1, 0.15) is 23.1 Å². The number of nitrogens with one attached hydrogen (secondary N) is 1. The van der Waals surface area contributed by atoms with Gasteiger partial charge in [-0.05, 0) is 70.1 Å². The van der Waals surface area contributed by atoms with E-state index < -0.39 is 23.7 Å². The summed E-state index contributed by atoms with van der Waals surface area (Å²) in [6, 6.07) is 5.65. The van der Waals surface area contributed by atoms with E-state index in [4.69, 9.17) is 4.98 Å². The number of anilines is 1. The van der Waals surface area contributed by atoms with Gasteiger partial charge in [-0.15, -0.1) is 11.3 Å². The van der Waals surface area contributed by atoms with Crippen molar-refractivity contribution in [1.82, 2.24) is 14.5 Å². The number of fused-ring (bicyclic) bond motifs is 2. The van der Waals surface area contributed by atoms with Crippen molar-refractivity contribution in [2.24, 2.45) is 11.3 Å². The van der Waals surface area contributed by atoms with Crippen molar-refractivity contribution in [3.63, 3.8) is 0 Å². The summed E-state index contributed by atoms with van der Waals surface area (Å²) >= 11 is 1.63. The first kappa shape index (κ1) is 21.1. The maximum absolute atomic E-state index is 12.3. The Morgan fingerprint density at radius 1 is 1.34 bits per heavy atom. The van der Waals surface area contributed by atoms with Crippen LogP contribution in [0.4, 0.5) is 5.69 Å². The number of Topliss-reactive ketones (excluding diaryl/α,β-unsaturated/α-hetero) is 1. The van der Waals surface area contributed by atoms with Crippen molar-refractivity contribution in [3.8, 4) is 11.8 Å². The molecule has 7 nitrogen and oxygen atoms in total. The second kappa shape index (κ2) is 7.41. The number of nitrogens with zero attached hydrogens (tertiary/aromatic N) is 3. The second-order valence-corrected chi connectivity index (χ2v) is 10.5. The first-order valence-corrected chi connectivity index (χ1v) is 11.6. The zero-order chi connectivity index (χ0) is 22.8. The number of carbonyl (C=O) groups is 1. The molecule has 2 saturated carbocycles. The van der Waals surface area contributed by atoms with Crippen LogP contribution in [0.5, 0.6) is 0 Å². The lowest BCUT2D eigenvalue weighted by atomic mass is 9.95. The van der Waals surface area contributed by atoms with Gasteiger partial charge in [0.2, 0.25) is 0 Å². The third kappa shape index (κ3) is 3.15. The monoisotopic (exact) mass is 450 g/mol. The fourth-order valence-electron chi connectivity index (χ4n) is 5.11. The molecule has 2 fully saturated rings. The van der Waals surface area contributed by atoms with Crippen LogP contribution < -0.4 is 5.32 Å². The number of aromatic nitrogens is 3. The normalized spacial score (nSPS) is 28.5. The zero-order valence-corrected chi connectivity index (χ0v) is 19.3. The number of hydrogen-bond donors (Lipinski definition) is 3. The lowest BCUT2D eigenvalue weighted by Gasteiger charge is -2.23. The number of aliphatic hydroxyl groups is 2. The van der Waals surface area contributed by atoms with Gasteiger partial charge in [-0.2, -0.15) is 0 Å². The van der Waals surface area contributed by atoms with Crippen LogP contribution in [0.1, 0.15) is 48.7 Å². The largest absolute Gasteiger partial charge is 0.389 e. The van der Waals surface area contributed by atoms with Gasteiger partial charge < -0.3 is 20.1 Å².